The van der Waals surface area contributed by atoms with Crippen LogP contribution in [0.15, 0.2) is 58.0 Å². The lowest BCUT2D eigenvalue weighted by Gasteiger charge is -2.21. The summed E-state index contributed by atoms with van der Waals surface area (Å²) in [5.74, 6) is -0.405. The van der Waals surface area contributed by atoms with Gasteiger partial charge in [-0.25, -0.2) is 8.42 Å². The van der Waals surface area contributed by atoms with Gasteiger partial charge in [0.15, 0.2) is 9.84 Å². The molecule has 1 heterocycles. The first kappa shape index (κ1) is 17.2. The summed E-state index contributed by atoms with van der Waals surface area (Å²) in [6.45, 7) is 1.44. The maximum absolute atomic E-state index is 12.1. The maximum atomic E-state index is 12.1. The van der Waals surface area contributed by atoms with E-state index >= 15 is 0 Å². The number of amides is 1. The highest BCUT2D eigenvalue weighted by molar-refractivity contribution is 7.91. The van der Waals surface area contributed by atoms with Gasteiger partial charge < -0.3 is 14.8 Å². The molecule has 1 amide bonds. The van der Waals surface area contributed by atoms with E-state index in [-0.39, 0.29) is 23.6 Å². The van der Waals surface area contributed by atoms with Gasteiger partial charge in [-0.15, -0.1) is 0 Å². The molecule has 1 aromatic carbocycles. The molecule has 1 atom stereocenters. The zero-order valence-corrected chi connectivity index (χ0v) is 13.5. The molecule has 6 nitrogen and oxygen atoms in total. The van der Waals surface area contributed by atoms with Crippen LogP contribution in [0.3, 0.4) is 0 Å². The molecule has 0 fully saturated rings. The van der Waals surface area contributed by atoms with Gasteiger partial charge in [0.2, 0.25) is 5.91 Å². The molecule has 0 spiro atoms. The fourth-order valence-electron chi connectivity index (χ4n) is 2.00. The number of hydrogen-bond acceptors (Lipinski definition) is 5. The number of aliphatic hydroxyl groups is 1. The lowest BCUT2D eigenvalue weighted by atomic mass is 10.0. The topological polar surface area (TPSA) is 96.6 Å². The van der Waals surface area contributed by atoms with Crippen molar-refractivity contribution in [2.75, 3.05) is 12.3 Å². The standard InChI is InChI=1S/C16H19NO5S/c1-16(19,14-8-5-10-22-14)12-17-15(18)9-11-23(20,21)13-6-3-2-4-7-13/h2-8,10,19H,9,11-12H2,1H3,(H,17,18). The van der Waals surface area contributed by atoms with Crippen LogP contribution < -0.4 is 5.32 Å². The number of sulfone groups is 1. The molecule has 1 aromatic heterocycles. The van der Waals surface area contributed by atoms with Crippen LogP contribution in [0.4, 0.5) is 0 Å². The number of nitrogens with one attached hydrogen (secondary N) is 1. The van der Waals surface area contributed by atoms with Crippen LogP contribution in [0.25, 0.3) is 0 Å². The molecule has 124 valence electrons. The van der Waals surface area contributed by atoms with Crippen molar-refractivity contribution < 1.29 is 22.7 Å². The van der Waals surface area contributed by atoms with Crippen LogP contribution in [0.5, 0.6) is 0 Å². The molecule has 2 rings (SSSR count). The summed E-state index contributed by atoms with van der Waals surface area (Å²) in [5, 5.41) is 12.7. The third-order valence-electron chi connectivity index (χ3n) is 3.38. The van der Waals surface area contributed by atoms with E-state index in [1.807, 2.05) is 0 Å². The van der Waals surface area contributed by atoms with Gasteiger partial charge in [0, 0.05) is 6.42 Å². The predicted molar refractivity (Wildman–Crippen MR) is 84.4 cm³/mol. The zero-order chi connectivity index (χ0) is 16.9. The number of benzene rings is 1. The van der Waals surface area contributed by atoms with Crippen molar-refractivity contribution >= 4 is 15.7 Å². The minimum absolute atomic E-state index is 0.0648. The van der Waals surface area contributed by atoms with Gasteiger partial charge >= 0.3 is 0 Å². The Morgan fingerprint density at radius 1 is 1.22 bits per heavy atom. The third-order valence-corrected chi connectivity index (χ3v) is 5.11. The van der Waals surface area contributed by atoms with Gasteiger partial charge in [0.25, 0.3) is 0 Å². The molecule has 0 saturated carbocycles. The fraction of sp³-hybridized carbons (Fsp3) is 0.312. The summed E-state index contributed by atoms with van der Waals surface area (Å²) in [6, 6.07) is 11.2. The normalized spacial score (nSPS) is 14.2. The smallest absolute Gasteiger partial charge is 0.221 e. The summed E-state index contributed by atoms with van der Waals surface area (Å²) >= 11 is 0. The number of carbonyl (C=O) groups is 1. The molecule has 1 unspecified atom stereocenters. The first-order valence-corrected chi connectivity index (χ1v) is 8.77. The Bertz CT molecular complexity index is 736. The Hall–Kier alpha value is -2.12. The van der Waals surface area contributed by atoms with E-state index in [2.05, 4.69) is 5.32 Å². The lowest BCUT2D eigenvalue weighted by Crippen LogP contribution is -2.38. The minimum atomic E-state index is -3.49. The summed E-state index contributed by atoms with van der Waals surface area (Å²) in [5.41, 5.74) is -1.35. The van der Waals surface area contributed by atoms with Gasteiger partial charge in [0.05, 0.1) is 23.5 Å². The van der Waals surface area contributed by atoms with Crippen molar-refractivity contribution in [1.29, 1.82) is 0 Å². The van der Waals surface area contributed by atoms with Gasteiger partial charge in [-0.05, 0) is 31.2 Å². The Morgan fingerprint density at radius 2 is 1.91 bits per heavy atom. The molecule has 23 heavy (non-hydrogen) atoms. The van der Waals surface area contributed by atoms with E-state index in [0.29, 0.717) is 5.76 Å². The Balaban J connectivity index is 1.86. The second-order valence-electron chi connectivity index (χ2n) is 5.41. The first-order valence-electron chi connectivity index (χ1n) is 7.12. The van der Waals surface area contributed by atoms with E-state index in [4.69, 9.17) is 4.42 Å². The molecule has 0 bridgehead atoms. The highest BCUT2D eigenvalue weighted by atomic mass is 32.2. The predicted octanol–water partition coefficient (Wildman–Crippen LogP) is 1.47. The van der Waals surface area contributed by atoms with Crippen LogP contribution in [0.2, 0.25) is 0 Å². The van der Waals surface area contributed by atoms with Crippen LogP contribution in [0, 0.1) is 0 Å². The Morgan fingerprint density at radius 3 is 2.52 bits per heavy atom. The second-order valence-corrected chi connectivity index (χ2v) is 7.52. The number of furan rings is 1. The van der Waals surface area contributed by atoms with Crippen LogP contribution in [0.1, 0.15) is 19.1 Å². The van der Waals surface area contributed by atoms with E-state index < -0.39 is 21.3 Å². The monoisotopic (exact) mass is 337 g/mol. The summed E-state index contributed by atoms with van der Waals surface area (Å²) < 4.78 is 29.3. The van der Waals surface area contributed by atoms with Crippen LogP contribution in [-0.4, -0.2) is 31.7 Å². The van der Waals surface area contributed by atoms with Gasteiger partial charge in [-0.1, -0.05) is 18.2 Å². The average Bonchev–Trinajstić information content (AvgIpc) is 3.07. The molecule has 0 aliphatic heterocycles. The van der Waals surface area contributed by atoms with E-state index in [1.54, 1.807) is 30.3 Å². The van der Waals surface area contributed by atoms with Crippen molar-refractivity contribution in [3.8, 4) is 0 Å². The van der Waals surface area contributed by atoms with Gasteiger partial charge in [0.1, 0.15) is 11.4 Å². The Labute approximate surface area is 135 Å². The van der Waals surface area contributed by atoms with Crippen LogP contribution >= 0.6 is 0 Å². The fourth-order valence-corrected chi connectivity index (χ4v) is 3.27. The van der Waals surface area contributed by atoms with Crippen molar-refractivity contribution in [3.63, 3.8) is 0 Å². The molecule has 2 N–H and O–H groups in total. The molecular weight excluding hydrogens is 318 g/mol. The minimum Gasteiger partial charge on any atom is -0.466 e. The zero-order valence-electron chi connectivity index (χ0n) is 12.7. The molecule has 0 saturated heterocycles. The molecule has 7 heteroatoms. The van der Waals surface area contributed by atoms with Crippen molar-refractivity contribution in [2.45, 2.75) is 23.8 Å². The summed E-state index contributed by atoms with van der Waals surface area (Å²) in [6.07, 6.45) is 1.25. The molecule has 0 radical (unpaired) electrons. The number of hydrogen-bond donors (Lipinski definition) is 2. The van der Waals surface area contributed by atoms with Crippen molar-refractivity contribution in [1.82, 2.24) is 5.32 Å². The molecular formula is C16H19NO5S. The highest BCUT2D eigenvalue weighted by Gasteiger charge is 2.27. The summed E-state index contributed by atoms with van der Waals surface area (Å²) in [4.78, 5) is 12.0. The Kier molecular flexibility index (Phi) is 5.23. The van der Waals surface area contributed by atoms with Crippen molar-refractivity contribution in [2.24, 2.45) is 0 Å². The third kappa shape index (κ3) is 4.67. The molecule has 0 aliphatic carbocycles. The average molecular weight is 337 g/mol. The first-order chi connectivity index (χ1) is 10.8. The largest absolute Gasteiger partial charge is 0.466 e. The van der Waals surface area contributed by atoms with Crippen LogP contribution in [-0.2, 0) is 20.2 Å². The quantitative estimate of drug-likeness (QED) is 0.797. The lowest BCUT2D eigenvalue weighted by molar-refractivity contribution is -0.122. The highest BCUT2D eigenvalue weighted by Crippen LogP contribution is 2.19. The SMILES string of the molecule is CC(O)(CNC(=O)CCS(=O)(=O)c1ccccc1)c1ccco1. The van der Waals surface area contributed by atoms with Gasteiger partial charge in [-0.3, -0.25) is 4.79 Å². The van der Waals surface area contributed by atoms with Gasteiger partial charge in [-0.2, -0.15) is 0 Å². The molecule has 2 aromatic rings. The maximum Gasteiger partial charge on any atom is 0.221 e. The second kappa shape index (κ2) is 6.97. The summed E-state index contributed by atoms with van der Waals surface area (Å²) in [7, 11) is -3.49. The number of carbonyl (C=O) groups excluding carboxylic acids is 1. The number of rotatable bonds is 7. The van der Waals surface area contributed by atoms with E-state index in [1.165, 1.54) is 25.3 Å². The van der Waals surface area contributed by atoms with Crippen molar-refractivity contribution in [3.05, 3.63) is 54.5 Å². The van der Waals surface area contributed by atoms with E-state index in [9.17, 15) is 18.3 Å². The van der Waals surface area contributed by atoms with E-state index in [0.717, 1.165) is 0 Å². The molecule has 0 aliphatic rings.